The van der Waals surface area contributed by atoms with Crippen molar-refractivity contribution in [3.05, 3.63) is 65.2 Å². The third kappa shape index (κ3) is 3.17. The Morgan fingerprint density at radius 3 is 2.86 bits per heavy atom. The monoisotopic (exact) mass is 303 g/mol. The van der Waals surface area contributed by atoms with Crippen molar-refractivity contribution in [3.8, 4) is 5.69 Å². The lowest BCUT2D eigenvalue weighted by atomic mass is 10.2. The van der Waals surface area contributed by atoms with Crippen molar-refractivity contribution in [1.82, 2.24) is 20.2 Å². The van der Waals surface area contributed by atoms with Gasteiger partial charge in [-0.1, -0.05) is 23.7 Å². The van der Waals surface area contributed by atoms with Crippen LogP contribution in [0, 0.1) is 5.82 Å². The summed E-state index contributed by atoms with van der Waals surface area (Å²) in [5.41, 5.74) is 2.21. The molecule has 0 saturated carbocycles. The van der Waals surface area contributed by atoms with E-state index >= 15 is 0 Å². The van der Waals surface area contributed by atoms with Crippen LogP contribution in [0.25, 0.3) is 5.69 Å². The first-order valence-corrected chi connectivity index (χ1v) is 6.61. The van der Waals surface area contributed by atoms with Crippen LogP contribution in [-0.4, -0.2) is 20.2 Å². The lowest BCUT2D eigenvalue weighted by Gasteiger charge is -2.09. The molecule has 0 atom stereocenters. The van der Waals surface area contributed by atoms with Gasteiger partial charge in [0.2, 0.25) is 0 Å². The number of tetrazole rings is 1. The minimum atomic E-state index is -0.327. The second-order valence-electron chi connectivity index (χ2n) is 4.39. The maximum absolute atomic E-state index is 13.7. The summed E-state index contributed by atoms with van der Waals surface area (Å²) in [5.74, 6) is -0.327. The topological polar surface area (TPSA) is 55.6 Å². The van der Waals surface area contributed by atoms with E-state index in [1.807, 2.05) is 24.3 Å². The fourth-order valence-electron chi connectivity index (χ4n) is 1.90. The molecule has 106 valence electrons. The second kappa shape index (κ2) is 5.88. The van der Waals surface area contributed by atoms with E-state index in [4.69, 9.17) is 11.6 Å². The second-order valence-corrected chi connectivity index (χ2v) is 4.83. The zero-order valence-corrected chi connectivity index (χ0v) is 11.6. The van der Waals surface area contributed by atoms with Gasteiger partial charge in [0.1, 0.15) is 12.1 Å². The lowest BCUT2D eigenvalue weighted by molar-refractivity contribution is 0.613. The van der Waals surface area contributed by atoms with E-state index in [0.29, 0.717) is 17.1 Å². The minimum absolute atomic E-state index is 0.327. The van der Waals surface area contributed by atoms with Crippen LogP contribution < -0.4 is 5.32 Å². The molecule has 21 heavy (non-hydrogen) atoms. The van der Waals surface area contributed by atoms with Crippen molar-refractivity contribution in [3.63, 3.8) is 0 Å². The highest BCUT2D eigenvalue weighted by Gasteiger charge is 2.04. The summed E-state index contributed by atoms with van der Waals surface area (Å²) in [7, 11) is 0. The third-order valence-corrected chi connectivity index (χ3v) is 3.19. The van der Waals surface area contributed by atoms with Crippen LogP contribution in [0.3, 0.4) is 0 Å². The molecule has 1 N–H and O–H groups in total. The minimum Gasteiger partial charge on any atom is -0.381 e. The zero-order chi connectivity index (χ0) is 14.7. The van der Waals surface area contributed by atoms with Crippen molar-refractivity contribution in [2.45, 2.75) is 6.54 Å². The van der Waals surface area contributed by atoms with Crippen LogP contribution in [0.2, 0.25) is 5.02 Å². The number of halogens is 2. The summed E-state index contributed by atoms with van der Waals surface area (Å²) in [6.45, 7) is 0.363. The molecule has 0 amide bonds. The number of nitrogens with zero attached hydrogens (tertiary/aromatic N) is 4. The van der Waals surface area contributed by atoms with Gasteiger partial charge >= 0.3 is 0 Å². The summed E-state index contributed by atoms with van der Waals surface area (Å²) in [6, 6.07) is 12.2. The van der Waals surface area contributed by atoms with Gasteiger partial charge in [-0.15, -0.1) is 5.10 Å². The summed E-state index contributed by atoms with van der Waals surface area (Å²) >= 11 is 5.73. The fraction of sp³-hybridized carbons (Fsp3) is 0.0714. The summed E-state index contributed by atoms with van der Waals surface area (Å²) in [5, 5.41) is 14.6. The van der Waals surface area contributed by atoms with Crippen LogP contribution >= 0.6 is 11.6 Å². The number of anilines is 1. The molecule has 0 bridgehead atoms. The first kappa shape index (κ1) is 13.5. The molecule has 0 aliphatic rings. The Hall–Kier alpha value is -2.47. The number of rotatable bonds is 4. The van der Waals surface area contributed by atoms with Crippen LogP contribution in [0.1, 0.15) is 5.56 Å². The van der Waals surface area contributed by atoms with Crippen LogP contribution in [-0.2, 0) is 6.54 Å². The van der Waals surface area contributed by atoms with E-state index in [2.05, 4.69) is 20.8 Å². The first-order valence-electron chi connectivity index (χ1n) is 6.23. The number of hydrogen-bond acceptors (Lipinski definition) is 4. The number of nitrogens with one attached hydrogen (secondary N) is 1. The van der Waals surface area contributed by atoms with E-state index in [1.165, 1.54) is 12.4 Å². The van der Waals surface area contributed by atoms with Crippen LogP contribution in [0.5, 0.6) is 0 Å². The van der Waals surface area contributed by atoms with Gasteiger partial charge in [-0.2, -0.15) is 0 Å². The first-order chi connectivity index (χ1) is 10.2. The number of benzene rings is 2. The van der Waals surface area contributed by atoms with E-state index in [1.54, 1.807) is 16.8 Å². The van der Waals surface area contributed by atoms with Crippen LogP contribution in [0.15, 0.2) is 48.8 Å². The van der Waals surface area contributed by atoms with Crippen molar-refractivity contribution in [2.24, 2.45) is 0 Å². The Morgan fingerprint density at radius 2 is 2.10 bits per heavy atom. The lowest BCUT2D eigenvalue weighted by Crippen LogP contribution is -2.03. The Morgan fingerprint density at radius 1 is 1.19 bits per heavy atom. The normalized spacial score (nSPS) is 10.6. The highest BCUT2D eigenvalue weighted by molar-refractivity contribution is 6.30. The molecule has 7 heteroatoms. The van der Waals surface area contributed by atoms with E-state index in [-0.39, 0.29) is 5.82 Å². The smallest absolute Gasteiger partial charge is 0.143 e. The molecule has 1 heterocycles. The average Bonchev–Trinajstić information content (AvgIpc) is 3.01. The van der Waals surface area contributed by atoms with E-state index < -0.39 is 0 Å². The Kier molecular flexibility index (Phi) is 3.79. The molecule has 0 saturated heterocycles. The molecule has 0 unspecified atom stereocenters. The van der Waals surface area contributed by atoms with Gasteiger partial charge in [0, 0.05) is 22.8 Å². The van der Waals surface area contributed by atoms with Gasteiger partial charge in [0.15, 0.2) is 0 Å². The van der Waals surface area contributed by atoms with E-state index in [9.17, 15) is 4.39 Å². The van der Waals surface area contributed by atoms with Gasteiger partial charge < -0.3 is 5.32 Å². The van der Waals surface area contributed by atoms with E-state index in [0.717, 1.165) is 11.4 Å². The van der Waals surface area contributed by atoms with Crippen molar-refractivity contribution in [1.29, 1.82) is 0 Å². The standard InChI is InChI=1S/C14H11ClFN5/c15-11-5-4-10(14(16)6-11)8-17-12-2-1-3-13(7-12)21-9-18-19-20-21/h1-7,9,17H,8H2. The molecular weight excluding hydrogens is 293 g/mol. The molecule has 5 nitrogen and oxygen atoms in total. The Labute approximate surface area is 125 Å². The number of hydrogen-bond donors (Lipinski definition) is 1. The molecule has 2 aromatic carbocycles. The zero-order valence-electron chi connectivity index (χ0n) is 10.9. The van der Waals surface area contributed by atoms with Gasteiger partial charge in [0.05, 0.1) is 5.69 Å². The Bertz CT molecular complexity index is 745. The molecule has 1 aromatic heterocycles. The third-order valence-electron chi connectivity index (χ3n) is 2.96. The average molecular weight is 304 g/mol. The van der Waals surface area contributed by atoms with Gasteiger partial charge in [-0.25, -0.2) is 9.07 Å². The molecule has 0 spiro atoms. The van der Waals surface area contributed by atoms with Gasteiger partial charge in [-0.05, 0) is 40.8 Å². The van der Waals surface area contributed by atoms with Crippen molar-refractivity contribution < 1.29 is 4.39 Å². The Balaban J connectivity index is 1.75. The fourth-order valence-corrected chi connectivity index (χ4v) is 2.06. The molecule has 0 aliphatic heterocycles. The van der Waals surface area contributed by atoms with Gasteiger partial charge in [0.25, 0.3) is 0 Å². The largest absolute Gasteiger partial charge is 0.381 e. The molecule has 3 rings (SSSR count). The van der Waals surface area contributed by atoms with Crippen molar-refractivity contribution >= 4 is 17.3 Å². The maximum Gasteiger partial charge on any atom is 0.143 e. The van der Waals surface area contributed by atoms with Crippen molar-refractivity contribution in [2.75, 3.05) is 5.32 Å². The maximum atomic E-state index is 13.7. The predicted octanol–water partition coefficient (Wildman–Crippen LogP) is 3.07. The quantitative estimate of drug-likeness (QED) is 0.805. The highest BCUT2D eigenvalue weighted by atomic mass is 35.5. The number of aromatic nitrogens is 4. The molecule has 0 fully saturated rings. The van der Waals surface area contributed by atoms with Crippen LogP contribution in [0.4, 0.5) is 10.1 Å². The summed E-state index contributed by atoms with van der Waals surface area (Å²) in [6.07, 6.45) is 1.51. The molecule has 3 aromatic rings. The SMILES string of the molecule is Fc1cc(Cl)ccc1CNc1cccc(-n2cnnn2)c1. The van der Waals surface area contributed by atoms with Gasteiger partial charge in [-0.3, -0.25) is 0 Å². The predicted molar refractivity (Wildman–Crippen MR) is 77.9 cm³/mol. The summed E-state index contributed by atoms with van der Waals surface area (Å²) < 4.78 is 15.3. The summed E-state index contributed by atoms with van der Waals surface area (Å²) in [4.78, 5) is 0. The highest BCUT2D eigenvalue weighted by Crippen LogP contribution is 2.18. The molecule has 0 radical (unpaired) electrons. The molecular formula is C14H11ClFN5. The molecule has 0 aliphatic carbocycles.